The van der Waals surface area contributed by atoms with Crippen LogP contribution in [0.3, 0.4) is 0 Å². The van der Waals surface area contributed by atoms with E-state index in [-0.39, 0.29) is 17.9 Å². The van der Waals surface area contributed by atoms with Gasteiger partial charge < -0.3 is 21.1 Å². The number of anilines is 1. The standard InChI is InChI=1S/C15H19N3O2/c16-10-4-5-13-11(6-10)12(8-17-13)15(20)18-7-9-2-1-3-14(9)19/h4-6,8-9,14,17,19H,1-3,7,16H2,(H,18,20). The van der Waals surface area contributed by atoms with E-state index in [9.17, 15) is 9.90 Å². The number of fused-ring (bicyclic) bond motifs is 1. The molecule has 3 rings (SSSR count). The highest BCUT2D eigenvalue weighted by Gasteiger charge is 2.25. The number of aliphatic hydroxyl groups is 1. The zero-order valence-corrected chi connectivity index (χ0v) is 11.2. The number of aromatic nitrogens is 1. The predicted octanol–water partition coefficient (Wildman–Crippen LogP) is 1.64. The highest BCUT2D eigenvalue weighted by atomic mass is 16.3. The first kappa shape index (κ1) is 13.0. The zero-order chi connectivity index (χ0) is 14.1. The van der Waals surface area contributed by atoms with Gasteiger partial charge in [0, 0.05) is 35.2 Å². The molecule has 5 nitrogen and oxygen atoms in total. The summed E-state index contributed by atoms with van der Waals surface area (Å²) in [7, 11) is 0. The van der Waals surface area contributed by atoms with Crippen molar-refractivity contribution < 1.29 is 9.90 Å². The maximum atomic E-state index is 12.2. The Morgan fingerprint density at radius 1 is 1.45 bits per heavy atom. The Kier molecular flexibility index (Phi) is 3.36. The van der Waals surface area contributed by atoms with E-state index in [2.05, 4.69) is 10.3 Å². The van der Waals surface area contributed by atoms with Gasteiger partial charge in [0.25, 0.3) is 5.91 Å². The number of carbonyl (C=O) groups is 1. The quantitative estimate of drug-likeness (QED) is 0.641. The van der Waals surface area contributed by atoms with Gasteiger partial charge in [-0.3, -0.25) is 4.79 Å². The molecule has 0 aliphatic heterocycles. The van der Waals surface area contributed by atoms with E-state index in [1.165, 1.54) is 0 Å². The third-order valence-corrected chi connectivity index (χ3v) is 4.09. The van der Waals surface area contributed by atoms with Gasteiger partial charge in [-0.25, -0.2) is 0 Å². The molecule has 1 fully saturated rings. The molecule has 2 aromatic rings. The first-order valence-corrected chi connectivity index (χ1v) is 6.98. The van der Waals surface area contributed by atoms with E-state index in [0.29, 0.717) is 17.8 Å². The van der Waals surface area contributed by atoms with Gasteiger partial charge >= 0.3 is 0 Å². The second kappa shape index (κ2) is 5.17. The Balaban J connectivity index is 1.74. The fraction of sp³-hybridized carbons (Fsp3) is 0.400. The van der Waals surface area contributed by atoms with Gasteiger partial charge in [0.1, 0.15) is 0 Å². The molecule has 0 radical (unpaired) electrons. The second-order valence-corrected chi connectivity index (χ2v) is 5.48. The van der Waals surface area contributed by atoms with E-state index in [1.807, 2.05) is 6.07 Å². The Labute approximate surface area is 117 Å². The second-order valence-electron chi connectivity index (χ2n) is 5.48. The molecule has 1 aromatic carbocycles. The molecule has 1 saturated carbocycles. The minimum atomic E-state index is -0.283. The lowest BCUT2D eigenvalue weighted by atomic mass is 10.1. The molecular formula is C15H19N3O2. The van der Waals surface area contributed by atoms with Crippen LogP contribution in [0, 0.1) is 5.92 Å². The number of H-pyrrole nitrogens is 1. The number of nitrogens with one attached hydrogen (secondary N) is 2. The number of aromatic amines is 1. The maximum absolute atomic E-state index is 12.2. The highest BCUT2D eigenvalue weighted by Crippen LogP contribution is 2.25. The molecule has 1 heterocycles. The van der Waals surface area contributed by atoms with Gasteiger partial charge in [-0.15, -0.1) is 0 Å². The van der Waals surface area contributed by atoms with Crippen molar-refractivity contribution in [3.8, 4) is 0 Å². The van der Waals surface area contributed by atoms with Crippen LogP contribution in [0.1, 0.15) is 29.6 Å². The average molecular weight is 273 g/mol. The van der Waals surface area contributed by atoms with Crippen LogP contribution in [0.25, 0.3) is 10.9 Å². The SMILES string of the molecule is Nc1ccc2[nH]cc(C(=O)NCC3CCCC3O)c2c1. The molecule has 0 bridgehead atoms. The molecule has 0 saturated heterocycles. The Bertz CT molecular complexity index is 635. The number of hydrogen-bond acceptors (Lipinski definition) is 3. The first-order valence-electron chi connectivity index (χ1n) is 6.98. The van der Waals surface area contributed by atoms with Crippen molar-refractivity contribution in [2.24, 2.45) is 5.92 Å². The first-order chi connectivity index (χ1) is 9.65. The van der Waals surface area contributed by atoms with Gasteiger partial charge in [0.15, 0.2) is 0 Å². The van der Waals surface area contributed by atoms with Crippen molar-refractivity contribution in [2.45, 2.75) is 25.4 Å². The lowest BCUT2D eigenvalue weighted by Gasteiger charge is -2.14. The molecule has 1 aliphatic rings. The van der Waals surface area contributed by atoms with E-state index >= 15 is 0 Å². The van der Waals surface area contributed by atoms with Crippen LogP contribution in [0.5, 0.6) is 0 Å². The molecule has 2 unspecified atom stereocenters. The lowest BCUT2D eigenvalue weighted by Crippen LogP contribution is -2.32. The van der Waals surface area contributed by atoms with Crippen molar-refractivity contribution in [2.75, 3.05) is 12.3 Å². The van der Waals surface area contributed by atoms with Crippen LogP contribution >= 0.6 is 0 Å². The van der Waals surface area contributed by atoms with Gasteiger partial charge in [-0.05, 0) is 31.0 Å². The number of amides is 1. The maximum Gasteiger partial charge on any atom is 0.253 e. The van der Waals surface area contributed by atoms with E-state index in [1.54, 1.807) is 18.3 Å². The normalized spacial score (nSPS) is 22.2. The summed E-state index contributed by atoms with van der Waals surface area (Å²) in [6, 6.07) is 5.46. The zero-order valence-electron chi connectivity index (χ0n) is 11.2. The lowest BCUT2D eigenvalue weighted by molar-refractivity contribution is 0.0918. The molecule has 5 N–H and O–H groups in total. The van der Waals surface area contributed by atoms with Gasteiger partial charge in [-0.2, -0.15) is 0 Å². The van der Waals surface area contributed by atoms with Gasteiger partial charge in [-0.1, -0.05) is 6.42 Å². The summed E-state index contributed by atoms with van der Waals surface area (Å²) in [6.07, 6.45) is 4.26. The molecule has 1 aromatic heterocycles. The number of carbonyl (C=O) groups excluding carboxylic acids is 1. The third kappa shape index (κ3) is 2.36. The number of benzene rings is 1. The predicted molar refractivity (Wildman–Crippen MR) is 78.4 cm³/mol. The summed E-state index contributed by atoms with van der Waals surface area (Å²) in [4.78, 5) is 15.3. The number of nitrogens with two attached hydrogens (primary N) is 1. The monoisotopic (exact) mass is 273 g/mol. The summed E-state index contributed by atoms with van der Waals surface area (Å²) in [5.41, 5.74) is 7.89. The molecular weight excluding hydrogens is 254 g/mol. The number of hydrogen-bond donors (Lipinski definition) is 4. The number of rotatable bonds is 3. The molecule has 20 heavy (non-hydrogen) atoms. The van der Waals surface area contributed by atoms with Gasteiger partial charge in [0.05, 0.1) is 11.7 Å². The number of aliphatic hydroxyl groups excluding tert-OH is 1. The Morgan fingerprint density at radius 2 is 2.30 bits per heavy atom. The van der Waals surface area contributed by atoms with Crippen LogP contribution in [0.4, 0.5) is 5.69 Å². The summed E-state index contributed by atoms with van der Waals surface area (Å²) in [6.45, 7) is 0.523. The average Bonchev–Trinajstić information content (AvgIpc) is 3.02. The van der Waals surface area contributed by atoms with Crippen molar-refractivity contribution in [1.29, 1.82) is 0 Å². The van der Waals surface area contributed by atoms with Crippen LogP contribution in [0.2, 0.25) is 0 Å². The van der Waals surface area contributed by atoms with Crippen LogP contribution < -0.4 is 11.1 Å². The van der Waals surface area contributed by atoms with Crippen LogP contribution in [-0.4, -0.2) is 28.6 Å². The minimum Gasteiger partial charge on any atom is -0.399 e. The van der Waals surface area contributed by atoms with Crippen LogP contribution in [0.15, 0.2) is 24.4 Å². The van der Waals surface area contributed by atoms with Gasteiger partial charge in [0.2, 0.25) is 0 Å². The molecule has 2 atom stereocenters. The summed E-state index contributed by atoms with van der Waals surface area (Å²) >= 11 is 0. The van der Waals surface area contributed by atoms with E-state index in [0.717, 1.165) is 30.2 Å². The van der Waals surface area contributed by atoms with E-state index < -0.39 is 0 Å². The topological polar surface area (TPSA) is 91.1 Å². The fourth-order valence-corrected chi connectivity index (χ4v) is 2.90. The highest BCUT2D eigenvalue weighted by molar-refractivity contribution is 6.07. The smallest absolute Gasteiger partial charge is 0.253 e. The molecule has 0 spiro atoms. The van der Waals surface area contributed by atoms with Crippen molar-refractivity contribution in [1.82, 2.24) is 10.3 Å². The summed E-state index contributed by atoms with van der Waals surface area (Å²) in [5.74, 6) is 0.0511. The van der Waals surface area contributed by atoms with Crippen molar-refractivity contribution in [3.05, 3.63) is 30.0 Å². The molecule has 1 aliphatic carbocycles. The minimum absolute atomic E-state index is 0.124. The molecule has 106 valence electrons. The Morgan fingerprint density at radius 3 is 3.05 bits per heavy atom. The van der Waals surface area contributed by atoms with Crippen molar-refractivity contribution >= 4 is 22.5 Å². The number of nitrogen functional groups attached to an aromatic ring is 1. The summed E-state index contributed by atoms with van der Waals surface area (Å²) in [5, 5.41) is 13.5. The molecule has 1 amide bonds. The van der Waals surface area contributed by atoms with E-state index in [4.69, 9.17) is 5.73 Å². The largest absolute Gasteiger partial charge is 0.399 e. The van der Waals surface area contributed by atoms with Crippen LogP contribution in [-0.2, 0) is 0 Å². The van der Waals surface area contributed by atoms with Crippen molar-refractivity contribution in [3.63, 3.8) is 0 Å². The fourth-order valence-electron chi connectivity index (χ4n) is 2.90. The Hall–Kier alpha value is -2.01. The molecule has 5 heteroatoms. The third-order valence-electron chi connectivity index (χ3n) is 4.09. The summed E-state index contributed by atoms with van der Waals surface area (Å²) < 4.78 is 0.